The van der Waals surface area contributed by atoms with Crippen LogP contribution in [0.1, 0.15) is 0 Å². The zero-order chi connectivity index (χ0) is 46.1. The van der Waals surface area contributed by atoms with E-state index in [-0.39, 0.29) is 0 Å². The van der Waals surface area contributed by atoms with Gasteiger partial charge in [-0.1, -0.05) is 176 Å². The first kappa shape index (κ1) is 39.8. The second-order valence-electron chi connectivity index (χ2n) is 18.1. The second-order valence-corrected chi connectivity index (χ2v) is 18.1. The molecule has 3 aromatic heterocycles. The molecule has 328 valence electrons. The van der Waals surface area contributed by atoms with Gasteiger partial charge >= 0.3 is 0 Å². The molecule has 0 bridgehead atoms. The van der Waals surface area contributed by atoms with Crippen LogP contribution in [0.15, 0.2) is 267 Å². The molecule has 3 heterocycles. The highest BCUT2D eigenvalue weighted by Crippen LogP contribution is 2.50. The SMILES string of the molecule is c1ccc(-c2ccc(N(c3ccc(-c4ccccc4)cc3)c3ccc(-n4c5ccccc5c5c6c7ccccc7n(-c7ccccc7)c6c6c(c7ccccc7n6-c6ccccc6)c54)cc3)cc2)cc1. The quantitative estimate of drug-likeness (QED) is 0.149. The van der Waals surface area contributed by atoms with Crippen LogP contribution in [-0.2, 0) is 0 Å². The summed E-state index contributed by atoms with van der Waals surface area (Å²) >= 11 is 0. The van der Waals surface area contributed by atoms with Gasteiger partial charge in [-0.3, -0.25) is 0 Å². The van der Waals surface area contributed by atoms with Gasteiger partial charge in [-0.15, -0.1) is 0 Å². The van der Waals surface area contributed by atoms with Gasteiger partial charge in [-0.05, 0) is 113 Å². The van der Waals surface area contributed by atoms with Crippen molar-refractivity contribution in [2.45, 2.75) is 0 Å². The molecule has 0 aliphatic heterocycles. The number of hydrogen-bond donors (Lipinski definition) is 0. The molecular weight excluding hydrogens is 849 g/mol. The van der Waals surface area contributed by atoms with E-state index < -0.39 is 0 Å². The van der Waals surface area contributed by atoms with Crippen LogP contribution in [0, 0.1) is 0 Å². The molecule has 0 N–H and O–H groups in total. The Morgan fingerprint density at radius 1 is 0.214 bits per heavy atom. The van der Waals surface area contributed by atoms with Crippen molar-refractivity contribution < 1.29 is 0 Å². The van der Waals surface area contributed by atoms with Gasteiger partial charge in [0.1, 0.15) is 0 Å². The monoisotopic (exact) mass is 892 g/mol. The molecule has 0 radical (unpaired) electrons. The summed E-state index contributed by atoms with van der Waals surface area (Å²) in [5.74, 6) is 0. The van der Waals surface area contributed by atoms with Crippen LogP contribution in [0.4, 0.5) is 17.1 Å². The molecule has 0 aliphatic carbocycles. The van der Waals surface area contributed by atoms with Crippen molar-refractivity contribution in [1.29, 1.82) is 0 Å². The van der Waals surface area contributed by atoms with E-state index in [2.05, 4.69) is 286 Å². The van der Waals surface area contributed by atoms with Crippen LogP contribution in [0.5, 0.6) is 0 Å². The van der Waals surface area contributed by atoms with E-state index in [9.17, 15) is 0 Å². The molecular formula is C66H44N4. The summed E-state index contributed by atoms with van der Waals surface area (Å²) in [5, 5.41) is 7.38. The predicted octanol–water partition coefficient (Wildman–Crippen LogP) is 17.8. The minimum absolute atomic E-state index is 1.07. The van der Waals surface area contributed by atoms with Crippen molar-refractivity contribution in [2.24, 2.45) is 0 Å². The predicted molar refractivity (Wildman–Crippen MR) is 295 cm³/mol. The molecule has 0 spiro atoms. The van der Waals surface area contributed by atoms with E-state index in [1.807, 2.05) is 0 Å². The van der Waals surface area contributed by atoms with Gasteiger partial charge < -0.3 is 18.6 Å². The molecule has 0 aliphatic rings. The lowest BCUT2D eigenvalue weighted by Crippen LogP contribution is -2.10. The smallest absolute Gasteiger partial charge is 0.0810 e. The normalized spacial score (nSPS) is 11.7. The molecule has 0 atom stereocenters. The molecule has 4 nitrogen and oxygen atoms in total. The van der Waals surface area contributed by atoms with Crippen LogP contribution in [0.25, 0.3) is 105 Å². The molecule has 0 saturated carbocycles. The first-order valence-electron chi connectivity index (χ1n) is 24.0. The summed E-state index contributed by atoms with van der Waals surface area (Å²) in [7, 11) is 0. The van der Waals surface area contributed by atoms with Gasteiger partial charge in [0.05, 0.1) is 33.1 Å². The lowest BCUT2D eigenvalue weighted by molar-refractivity contribution is 1.15. The van der Waals surface area contributed by atoms with Gasteiger partial charge in [0.25, 0.3) is 0 Å². The van der Waals surface area contributed by atoms with Crippen molar-refractivity contribution >= 4 is 82.5 Å². The largest absolute Gasteiger partial charge is 0.311 e. The highest BCUT2D eigenvalue weighted by molar-refractivity contribution is 6.40. The average Bonchev–Trinajstić information content (AvgIpc) is 4.09. The first-order chi connectivity index (χ1) is 34.8. The molecule has 70 heavy (non-hydrogen) atoms. The Morgan fingerprint density at radius 2 is 0.500 bits per heavy atom. The van der Waals surface area contributed by atoms with Crippen molar-refractivity contribution in [1.82, 2.24) is 13.7 Å². The summed E-state index contributed by atoms with van der Waals surface area (Å²) < 4.78 is 7.53. The molecule has 11 aromatic carbocycles. The Balaban J connectivity index is 1.04. The minimum atomic E-state index is 1.07. The summed E-state index contributed by atoms with van der Waals surface area (Å²) in [6.07, 6.45) is 0. The lowest BCUT2D eigenvalue weighted by Gasteiger charge is -2.26. The van der Waals surface area contributed by atoms with Crippen LogP contribution in [-0.4, -0.2) is 13.7 Å². The van der Waals surface area contributed by atoms with Crippen molar-refractivity contribution in [3.8, 4) is 39.3 Å². The molecule has 0 saturated heterocycles. The Bertz CT molecular complexity index is 4140. The first-order valence-corrected chi connectivity index (χ1v) is 24.0. The lowest BCUT2D eigenvalue weighted by atomic mass is 10.0. The summed E-state index contributed by atoms with van der Waals surface area (Å²) in [4.78, 5) is 2.37. The summed E-state index contributed by atoms with van der Waals surface area (Å²) in [5.41, 5.74) is 18.5. The molecule has 14 rings (SSSR count). The average molecular weight is 893 g/mol. The van der Waals surface area contributed by atoms with Gasteiger partial charge in [-0.25, -0.2) is 0 Å². The Hall–Kier alpha value is -9.38. The third-order valence-electron chi connectivity index (χ3n) is 14.2. The molecule has 0 fully saturated rings. The van der Waals surface area contributed by atoms with Gasteiger partial charge in [-0.2, -0.15) is 0 Å². The Kier molecular flexibility index (Phi) is 9.17. The van der Waals surface area contributed by atoms with Crippen molar-refractivity contribution in [2.75, 3.05) is 4.90 Å². The second kappa shape index (κ2) is 16.2. The maximum atomic E-state index is 2.53. The van der Waals surface area contributed by atoms with E-state index >= 15 is 0 Å². The maximum Gasteiger partial charge on any atom is 0.0810 e. The third kappa shape index (κ3) is 6.17. The van der Waals surface area contributed by atoms with E-state index in [0.29, 0.717) is 0 Å². The molecule has 0 amide bonds. The third-order valence-corrected chi connectivity index (χ3v) is 14.2. The standard InChI is InChI=1S/C66H44N4/c1-5-19-45(20-6-1)47-33-37-51(38-34-47)67(52-39-35-48(36-40-52)46-21-7-2-8-22-46)53-41-43-54(44-42-53)68-58-30-16-13-27-55(58)61-62-56-28-14-17-31-59(56)69(49-23-9-3-10-24-49)65(62)66-63(64(61)68)57-29-15-18-32-60(57)70(66)50-25-11-4-12-26-50/h1-44H. The Labute approximate surface area is 405 Å². The zero-order valence-electron chi connectivity index (χ0n) is 38.2. The number of para-hydroxylation sites is 5. The number of aromatic nitrogens is 3. The van der Waals surface area contributed by atoms with E-state index in [4.69, 9.17) is 0 Å². The fraction of sp³-hybridized carbons (Fsp3) is 0. The number of benzene rings is 11. The van der Waals surface area contributed by atoms with Crippen molar-refractivity contribution in [3.63, 3.8) is 0 Å². The topological polar surface area (TPSA) is 18.0 Å². The summed E-state index contributed by atoms with van der Waals surface area (Å²) in [6, 6.07) is 96.9. The number of nitrogens with zero attached hydrogens (tertiary/aromatic N) is 4. The fourth-order valence-corrected chi connectivity index (χ4v) is 11.2. The zero-order valence-corrected chi connectivity index (χ0v) is 38.2. The van der Waals surface area contributed by atoms with Gasteiger partial charge in [0, 0.05) is 66.4 Å². The number of fused-ring (bicyclic) bond motifs is 12. The minimum Gasteiger partial charge on any atom is -0.311 e. The maximum absolute atomic E-state index is 2.53. The van der Waals surface area contributed by atoms with Crippen LogP contribution >= 0.6 is 0 Å². The molecule has 0 unspecified atom stereocenters. The van der Waals surface area contributed by atoms with E-state index in [0.717, 1.165) is 39.6 Å². The highest BCUT2D eigenvalue weighted by atomic mass is 15.1. The van der Waals surface area contributed by atoms with Crippen LogP contribution < -0.4 is 4.90 Å². The van der Waals surface area contributed by atoms with E-state index in [1.165, 1.54) is 82.2 Å². The highest BCUT2D eigenvalue weighted by Gasteiger charge is 2.29. The molecule has 4 heteroatoms. The van der Waals surface area contributed by atoms with E-state index in [1.54, 1.807) is 0 Å². The molecule has 14 aromatic rings. The van der Waals surface area contributed by atoms with Gasteiger partial charge in [0.15, 0.2) is 0 Å². The number of hydrogen-bond acceptors (Lipinski definition) is 1. The summed E-state index contributed by atoms with van der Waals surface area (Å²) in [6.45, 7) is 0. The fourth-order valence-electron chi connectivity index (χ4n) is 11.2. The Morgan fingerprint density at radius 3 is 0.929 bits per heavy atom. The van der Waals surface area contributed by atoms with Gasteiger partial charge in [0.2, 0.25) is 0 Å². The number of anilines is 3. The van der Waals surface area contributed by atoms with Crippen LogP contribution in [0.2, 0.25) is 0 Å². The number of rotatable bonds is 8. The van der Waals surface area contributed by atoms with Crippen molar-refractivity contribution in [3.05, 3.63) is 267 Å². The van der Waals surface area contributed by atoms with Crippen LogP contribution in [0.3, 0.4) is 0 Å².